The van der Waals surface area contributed by atoms with E-state index in [0.29, 0.717) is 5.82 Å². The second kappa shape index (κ2) is 6.25. The lowest BCUT2D eigenvalue weighted by Crippen LogP contribution is -2.43. The minimum Gasteiger partial charge on any atom is -0.307 e. The molecule has 2 aromatic heterocycles. The van der Waals surface area contributed by atoms with E-state index in [1.165, 1.54) is 10.7 Å². The van der Waals surface area contributed by atoms with Crippen LogP contribution >= 0.6 is 0 Å². The van der Waals surface area contributed by atoms with Crippen LogP contribution in [0, 0.1) is 0 Å². The van der Waals surface area contributed by atoms with Crippen molar-refractivity contribution in [3.63, 3.8) is 0 Å². The predicted molar refractivity (Wildman–Crippen MR) is 97.4 cm³/mol. The Hall–Kier alpha value is -3.22. The van der Waals surface area contributed by atoms with Gasteiger partial charge in [0.15, 0.2) is 5.82 Å². The fourth-order valence-corrected chi connectivity index (χ4v) is 3.43. The Morgan fingerprint density at radius 1 is 1.19 bits per heavy atom. The van der Waals surface area contributed by atoms with Crippen molar-refractivity contribution in [3.05, 3.63) is 70.8 Å². The van der Waals surface area contributed by atoms with Crippen molar-refractivity contribution in [2.75, 3.05) is 4.90 Å². The molecular weight excluding hydrogens is 330 g/mol. The molecule has 0 fully saturated rings. The van der Waals surface area contributed by atoms with Gasteiger partial charge in [-0.15, -0.1) is 5.10 Å². The molecule has 0 aliphatic carbocycles. The number of carbonyl (C=O) groups excluding carboxylic acids is 1. The van der Waals surface area contributed by atoms with Crippen LogP contribution in [0.3, 0.4) is 0 Å². The molecule has 0 saturated carbocycles. The number of para-hydroxylation sites is 1. The number of carbonyl (C=O) groups is 1. The number of benzene rings is 1. The Balaban J connectivity index is 1.70. The van der Waals surface area contributed by atoms with Gasteiger partial charge in [0.2, 0.25) is 0 Å². The molecule has 4 rings (SSSR count). The van der Waals surface area contributed by atoms with Gasteiger partial charge in [0, 0.05) is 30.2 Å². The lowest BCUT2D eigenvalue weighted by Gasteiger charge is -2.26. The largest absolute Gasteiger partial charge is 0.307 e. The van der Waals surface area contributed by atoms with Crippen molar-refractivity contribution in [2.24, 2.45) is 0 Å². The van der Waals surface area contributed by atoms with Crippen molar-refractivity contribution in [3.8, 4) is 5.82 Å². The summed E-state index contributed by atoms with van der Waals surface area (Å²) in [6.07, 6.45) is 4.18. The van der Waals surface area contributed by atoms with Crippen LogP contribution in [-0.2, 0) is 11.2 Å². The zero-order valence-electron chi connectivity index (χ0n) is 14.6. The van der Waals surface area contributed by atoms with Gasteiger partial charge in [0.25, 0.3) is 11.5 Å². The highest BCUT2D eigenvalue weighted by atomic mass is 16.2. The Labute approximate surface area is 150 Å². The maximum Gasteiger partial charge on any atom is 0.267 e. The zero-order chi connectivity index (χ0) is 18.3. The van der Waals surface area contributed by atoms with E-state index in [2.05, 4.69) is 10.2 Å². The lowest BCUT2D eigenvalue weighted by molar-refractivity contribution is -0.122. The highest BCUT2D eigenvalue weighted by molar-refractivity contribution is 5.98. The van der Waals surface area contributed by atoms with Gasteiger partial charge < -0.3 is 4.90 Å². The van der Waals surface area contributed by atoms with Gasteiger partial charge in [-0.25, -0.2) is 9.36 Å². The normalized spacial score (nSPS) is 17.2. The van der Waals surface area contributed by atoms with E-state index >= 15 is 0 Å². The number of anilines is 1. The number of hydrogen-bond donors (Lipinski definition) is 0. The smallest absolute Gasteiger partial charge is 0.267 e. The molecule has 3 heterocycles. The average molecular weight is 349 g/mol. The fourth-order valence-electron chi connectivity index (χ4n) is 3.43. The van der Waals surface area contributed by atoms with Crippen LogP contribution in [-0.4, -0.2) is 31.5 Å². The summed E-state index contributed by atoms with van der Waals surface area (Å²) in [5.41, 5.74) is 1.74. The maximum absolute atomic E-state index is 13.2. The average Bonchev–Trinajstić information content (AvgIpc) is 3.28. The molecule has 1 aromatic carbocycles. The van der Waals surface area contributed by atoms with E-state index in [1.807, 2.05) is 31.2 Å². The first-order valence-electron chi connectivity index (χ1n) is 8.57. The second-order valence-electron chi connectivity index (χ2n) is 6.49. The van der Waals surface area contributed by atoms with Crippen LogP contribution < -0.4 is 10.5 Å². The summed E-state index contributed by atoms with van der Waals surface area (Å²) in [7, 11) is 0. The molecule has 132 valence electrons. The third-order valence-corrected chi connectivity index (χ3v) is 4.72. The van der Waals surface area contributed by atoms with Crippen LogP contribution in [0.1, 0.15) is 25.5 Å². The molecule has 2 unspecified atom stereocenters. The number of rotatable bonds is 3. The van der Waals surface area contributed by atoms with Gasteiger partial charge in [-0.05, 0) is 44.0 Å². The van der Waals surface area contributed by atoms with Crippen molar-refractivity contribution >= 4 is 11.6 Å². The molecule has 7 nitrogen and oxygen atoms in total. The Morgan fingerprint density at radius 2 is 2.00 bits per heavy atom. The molecule has 26 heavy (non-hydrogen) atoms. The number of aromatic nitrogens is 4. The predicted octanol–water partition coefficient (Wildman–Crippen LogP) is 1.97. The van der Waals surface area contributed by atoms with Crippen LogP contribution in [0.4, 0.5) is 5.69 Å². The highest BCUT2D eigenvalue weighted by Crippen LogP contribution is 2.33. The van der Waals surface area contributed by atoms with E-state index in [0.717, 1.165) is 17.7 Å². The Morgan fingerprint density at radius 3 is 2.77 bits per heavy atom. The van der Waals surface area contributed by atoms with Crippen LogP contribution in [0.2, 0.25) is 0 Å². The van der Waals surface area contributed by atoms with Crippen molar-refractivity contribution in [1.29, 1.82) is 0 Å². The number of fused-ring (bicyclic) bond motifs is 1. The lowest BCUT2D eigenvalue weighted by atomic mass is 10.1. The third kappa shape index (κ3) is 2.61. The molecule has 0 bridgehead atoms. The zero-order valence-corrected chi connectivity index (χ0v) is 14.6. The molecule has 1 aliphatic rings. The minimum atomic E-state index is -0.716. The molecule has 0 spiro atoms. The first-order valence-corrected chi connectivity index (χ1v) is 8.57. The summed E-state index contributed by atoms with van der Waals surface area (Å²) in [6, 6.07) is 12.0. The van der Waals surface area contributed by atoms with E-state index in [-0.39, 0.29) is 17.5 Å². The molecule has 0 saturated heterocycles. The number of nitrogens with zero attached hydrogens (tertiary/aromatic N) is 5. The third-order valence-electron chi connectivity index (χ3n) is 4.72. The number of amides is 1. The van der Waals surface area contributed by atoms with Crippen molar-refractivity contribution in [2.45, 2.75) is 32.4 Å². The summed E-state index contributed by atoms with van der Waals surface area (Å²) in [5.74, 6) is 0.346. The Kier molecular flexibility index (Phi) is 3.91. The van der Waals surface area contributed by atoms with Crippen molar-refractivity contribution in [1.82, 2.24) is 19.6 Å². The van der Waals surface area contributed by atoms with E-state index < -0.39 is 6.04 Å². The fraction of sp³-hybridized carbons (Fsp3) is 0.263. The maximum atomic E-state index is 13.2. The van der Waals surface area contributed by atoms with Gasteiger partial charge in [-0.1, -0.05) is 18.2 Å². The first kappa shape index (κ1) is 16.3. The van der Waals surface area contributed by atoms with E-state index in [9.17, 15) is 9.59 Å². The highest BCUT2D eigenvalue weighted by Gasteiger charge is 2.34. The van der Waals surface area contributed by atoms with Gasteiger partial charge in [-0.2, -0.15) is 5.10 Å². The van der Waals surface area contributed by atoms with Gasteiger partial charge >= 0.3 is 0 Å². The standard InChI is InChI=1S/C19H19N5O2/c1-13-12-15-6-3-4-7-16(15)23(13)19(26)14(2)24-18(25)9-8-17(21-24)22-11-5-10-20-22/h3-11,13-14H,12H2,1-2H3. The van der Waals surface area contributed by atoms with Crippen LogP contribution in [0.15, 0.2) is 59.7 Å². The van der Waals surface area contributed by atoms with Gasteiger partial charge in [-0.3, -0.25) is 9.59 Å². The molecule has 3 aromatic rings. The van der Waals surface area contributed by atoms with E-state index in [4.69, 9.17) is 0 Å². The van der Waals surface area contributed by atoms with Crippen molar-refractivity contribution < 1.29 is 4.79 Å². The van der Waals surface area contributed by atoms with Gasteiger partial charge in [0.05, 0.1) is 0 Å². The van der Waals surface area contributed by atoms with Gasteiger partial charge in [0.1, 0.15) is 6.04 Å². The molecule has 0 radical (unpaired) electrons. The summed E-state index contributed by atoms with van der Waals surface area (Å²) in [5, 5.41) is 8.47. The molecule has 2 atom stereocenters. The second-order valence-corrected chi connectivity index (χ2v) is 6.49. The SMILES string of the molecule is CC1Cc2ccccc2N1C(=O)C(C)n1nc(-n2cccn2)ccc1=O. The Bertz CT molecular complexity index is 1010. The molecular formula is C19H19N5O2. The monoisotopic (exact) mass is 349 g/mol. The molecule has 0 N–H and O–H groups in total. The summed E-state index contributed by atoms with van der Waals surface area (Å²) in [4.78, 5) is 27.3. The molecule has 7 heteroatoms. The minimum absolute atomic E-state index is 0.0485. The summed E-state index contributed by atoms with van der Waals surface area (Å²) < 4.78 is 2.79. The first-order chi connectivity index (χ1) is 12.6. The number of hydrogen-bond acceptors (Lipinski definition) is 4. The summed E-state index contributed by atoms with van der Waals surface area (Å²) in [6.45, 7) is 3.72. The van der Waals surface area contributed by atoms with E-state index in [1.54, 1.807) is 41.0 Å². The molecule has 1 aliphatic heterocycles. The molecule has 1 amide bonds. The quantitative estimate of drug-likeness (QED) is 0.725. The summed E-state index contributed by atoms with van der Waals surface area (Å²) >= 11 is 0. The topological polar surface area (TPSA) is 73.0 Å². The van der Waals surface area contributed by atoms with Crippen LogP contribution in [0.5, 0.6) is 0 Å². The van der Waals surface area contributed by atoms with Crippen LogP contribution in [0.25, 0.3) is 5.82 Å².